The van der Waals surface area contributed by atoms with Crippen LogP contribution < -0.4 is 4.90 Å². The topological polar surface area (TPSA) is 36.4 Å². The number of pyridine rings is 1. The van der Waals surface area contributed by atoms with Gasteiger partial charge in [0.05, 0.1) is 5.56 Å². The molecule has 0 radical (unpaired) electrons. The number of nitrogens with zero attached hydrogens (tertiary/aromatic N) is 3. The molecule has 5 heteroatoms. The summed E-state index contributed by atoms with van der Waals surface area (Å²) in [6.07, 6.45) is 3.93. The zero-order chi connectivity index (χ0) is 18.0. The van der Waals surface area contributed by atoms with E-state index in [1.165, 1.54) is 15.6 Å². The molecule has 0 spiro atoms. The highest BCUT2D eigenvalue weighted by molar-refractivity contribution is 9.10. The van der Waals surface area contributed by atoms with Gasteiger partial charge in [0.15, 0.2) is 0 Å². The fourth-order valence-corrected chi connectivity index (χ4v) is 3.57. The standard InChI is InChI=1S/C20H24BrN3O/c1-14-12-16(4-6-18(14)21)15-8-10-24(11-9-15)19-7-5-17(13-22-19)20(25)23(2)3/h4-7,12-13,15H,8-11H2,1-3H3. The largest absolute Gasteiger partial charge is 0.357 e. The maximum atomic E-state index is 12.0. The van der Waals surface area contributed by atoms with Gasteiger partial charge in [-0.1, -0.05) is 28.1 Å². The van der Waals surface area contributed by atoms with Crippen molar-refractivity contribution in [3.8, 4) is 0 Å². The molecule has 4 nitrogen and oxygen atoms in total. The number of hydrogen-bond donors (Lipinski definition) is 0. The summed E-state index contributed by atoms with van der Waals surface area (Å²) < 4.78 is 1.17. The van der Waals surface area contributed by atoms with E-state index in [-0.39, 0.29) is 5.91 Å². The Kier molecular flexibility index (Phi) is 5.42. The van der Waals surface area contributed by atoms with Crippen molar-refractivity contribution in [1.29, 1.82) is 0 Å². The summed E-state index contributed by atoms with van der Waals surface area (Å²) in [5.74, 6) is 1.56. The van der Waals surface area contributed by atoms with Crippen molar-refractivity contribution in [1.82, 2.24) is 9.88 Å². The molecule has 0 saturated carbocycles. The average molecular weight is 402 g/mol. The van der Waals surface area contributed by atoms with E-state index in [9.17, 15) is 4.79 Å². The molecule has 2 aromatic rings. The monoisotopic (exact) mass is 401 g/mol. The van der Waals surface area contributed by atoms with Crippen LogP contribution in [-0.2, 0) is 0 Å². The lowest BCUT2D eigenvalue weighted by Crippen LogP contribution is -2.33. The third kappa shape index (κ3) is 4.03. The number of hydrogen-bond acceptors (Lipinski definition) is 3. The first-order chi connectivity index (χ1) is 12.0. The first-order valence-corrected chi connectivity index (χ1v) is 9.43. The minimum absolute atomic E-state index is 0.0108. The van der Waals surface area contributed by atoms with Crippen LogP contribution in [-0.4, -0.2) is 43.0 Å². The summed E-state index contributed by atoms with van der Waals surface area (Å²) in [7, 11) is 3.51. The Morgan fingerprint density at radius 2 is 1.92 bits per heavy atom. The zero-order valence-corrected chi connectivity index (χ0v) is 16.6. The molecule has 3 rings (SSSR count). The Morgan fingerprint density at radius 1 is 1.20 bits per heavy atom. The van der Waals surface area contributed by atoms with Crippen LogP contribution in [0.1, 0.15) is 40.2 Å². The zero-order valence-electron chi connectivity index (χ0n) is 15.0. The van der Waals surface area contributed by atoms with E-state index >= 15 is 0 Å². The minimum atomic E-state index is -0.0108. The second-order valence-electron chi connectivity index (χ2n) is 6.87. The fourth-order valence-electron chi connectivity index (χ4n) is 3.32. The summed E-state index contributed by atoms with van der Waals surface area (Å²) in [6, 6.07) is 10.5. The van der Waals surface area contributed by atoms with Crippen LogP contribution in [0.5, 0.6) is 0 Å². The molecule has 1 aliphatic rings. The Labute approximate surface area is 158 Å². The molecular formula is C20H24BrN3O. The van der Waals surface area contributed by atoms with E-state index < -0.39 is 0 Å². The number of aryl methyl sites for hydroxylation is 1. The molecule has 0 atom stereocenters. The highest BCUT2D eigenvalue weighted by Gasteiger charge is 2.22. The van der Waals surface area contributed by atoms with Crippen molar-refractivity contribution in [2.75, 3.05) is 32.1 Å². The van der Waals surface area contributed by atoms with Crippen molar-refractivity contribution < 1.29 is 4.79 Å². The Hall–Kier alpha value is -1.88. The SMILES string of the molecule is Cc1cc(C2CCN(c3ccc(C(=O)N(C)C)cn3)CC2)ccc1Br. The predicted molar refractivity (Wildman–Crippen MR) is 105 cm³/mol. The molecule has 132 valence electrons. The van der Waals surface area contributed by atoms with E-state index in [0.29, 0.717) is 11.5 Å². The van der Waals surface area contributed by atoms with E-state index in [4.69, 9.17) is 0 Å². The molecule has 1 aliphatic heterocycles. The van der Waals surface area contributed by atoms with Gasteiger partial charge in [0.1, 0.15) is 5.82 Å². The fraction of sp³-hybridized carbons (Fsp3) is 0.400. The summed E-state index contributed by atoms with van der Waals surface area (Å²) >= 11 is 3.57. The first-order valence-electron chi connectivity index (χ1n) is 8.64. The van der Waals surface area contributed by atoms with Crippen LogP contribution >= 0.6 is 15.9 Å². The van der Waals surface area contributed by atoms with Gasteiger partial charge < -0.3 is 9.80 Å². The molecule has 0 bridgehead atoms. The maximum absolute atomic E-state index is 12.0. The molecular weight excluding hydrogens is 378 g/mol. The minimum Gasteiger partial charge on any atom is -0.357 e. The predicted octanol–water partition coefficient (Wildman–Crippen LogP) is 4.24. The maximum Gasteiger partial charge on any atom is 0.254 e. The van der Waals surface area contributed by atoms with Crippen molar-refractivity contribution in [2.45, 2.75) is 25.7 Å². The van der Waals surface area contributed by atoms with Gasteiger partial charge in [-0.05, 0) is 55.0 Å². The highest BCUT2D eigenvalue weighted by Crippen LogP contribution is 2.31. The molecule has 2 heterocycles. The first kappa shape index (κ1) is 17.9. The van der Waals surface area contributed by atoms with Crippen molar-refractivity contribution in [3.05, 3.63) is 57.7 Å². The van der Waals surface area contributed by atoms with Crippen LogP contribution in [0.25, 0.3) is 0 Å². The van der Waals surface area contributed by atoms with E-state index in [1.807, 2.05) is 12.1 Å². The molecule has 25 heavy (non-hydrogen) atoms. The second-order valence-corrected chi connectivity index (χ2v) is 7.73. The number of amides is 1. The smallest absolute Gasteiger partial charge is 0.254 e. The number of piperidine rings is 1. The van der Waals surface area contributed by atoms with Gasteiger partial charge in [-0.25, -0.2) is 4.98 Å². The van der Waals surface area contributed by atoms with Crippen molar-refractivity contribution in [2.24, 2.45) is 0 Å². The van der Waals surface area contributed by atoms with Crippen LogP contribution in [0.15, 0.2) is 41.0 Å². The number of anilines is 1. The molecule has 0 aliphatic carbocycles. The van der Waals surface area contributed by atoms with Gasteiger partial charge in [0.25, 0.3) is 5.91 Å². The second kappa shape index (κ2) is 7.56. The molecule has 1 fully saturated rings. The van der Waals surface area contributed by atoms with Crippen LogP contribution in [0.3, 0.4) is 0 Å². The number of halogens is 1. The van der Waals surface area contributed by atoms with Crippen LogP contribution in [0.2, 0.25) is 0 Å². The van der Waals surface area contributed by atoms with Crippen LogP contribution in [0.4, 0.5) is 5.82 Å². The summed E-state index contributed by atoms with van der Waals surface area (Å²) in [4.78, 5) is 20.3. The molecule has 1 aromatic carbocycles. The molecule has 0 N–H and O–H groups in total. The van der Waals surface area contributed by atoms with Gasteiger partial charge in [0.2, 0.25) is 0 Å². The Balaban J connectivity index is 1.64. The normalized spacial score (nSPS) is 15.3. The molecule has 0 unspecified atom stereocenters. The third-order valence-corrected chi connectivity index (χ3v) is 5.76. The highest BCUT2D eigenvalue weighted by atomic mass is 79.9. The number of rotatable bonds is 3. The van der Waals surface area contributed by atoms with E-state index in [0.717, 1.165) is 31.7 Å². The van der Waals surface area contributed by atoms with Gasteiger partial charge >= 0.3 is 0 Å². The Morgan fingerprint density at radius 3 is 2.48 bits per heavy atom. The van der Waals surface area contributed by atoms with Gasteiger partial charge in [0, 0.05) is 37.9 Å². The molecule has 1 saturated heterocycles. The van der Waals surface area contributed by atoms with E-state index in [1.54, 1.807) is 25.2 Å². The number of aromatic nitrogens is 1. The van der Waals surface area contributed by atoms with Gasteiger partial charge in [-0.3, -0.25) is 4.79 Å². The Bertz CT molecular complexity index is 750. The number of benzene rings is 1. The van der Waals surface area contributed by atoms with Crippen LogP contribution in [0, 0.1) is 6.92 Å². The van der Waals surface area contributed by atoms with Gasteiger partial charge in [-0.15, -0.1) is 0 Å². The lowest BCUT2D eigenvalue weighted by atomic mass is 9.89. The number of carbonyl (C=O) groups excluding carboxylic acids is 1. The van der Waals surface area contributed by atoms with E-state index in [2.05, 4.69) is 50.9 Å². The lowest BCUT2D eigenvalue weighted by molar-refractivity contribution is 0.0827. The van der Waals surface area contributed by atoms with Crippen molar-refractivity contribution in [3.63, 3.8) is 0 Å². The molecule has 1 amide bonds. The lowest BCUT2D eigenvalue weighted by Gasteiger charge is -2.33. The summed E-state index contributed by atoms with van der Waals surface area (Å²) in [6.45, 7) is 4.13. The quantitative estimate of drug-likeness (QED) is 0.771. The number of carbonyl (C=O) groups is 1. The third-order valence-electron chi connectivity index (χ3n) is 4.87. The van der Waals surface area contributed by atoms with Gasteiger partial charge in [-0.2, -0.15) is 0 Å². The molecule has 1 aromatic heterocycles. The van der Waals surface area contributed by atoms with Crippen molar-refractivity contribution >= 4 is 27.7 Å². The summed E-state index contributed by atoms with van der Waals surface area (Å²) in [5, 5.41) is 0. The average Bonchev–Trinajstić information content (AvgIpc) is 2.63. The summed E-state index contributed by atoms with van der Waals surface area (Å²) in [5.41, 5.74) is 3.36.